The predicted octanol–water partition coefficient (Wildman–Crippen LogP) is 5.15. The van der Waals surface area contributed by atoms with Crippen molar-refractivity contribution in [1.29, 1.82) is 0 Å². The molecule has 2 heteroatoms. The van der Waals surface area contributed by atoms with Crippen molar-refractivity contribution in [2.75, 3.05) is 6.61 Å². The molecular formula is C19H17FO. The van der Waals surface area contributed by atoms with E-state index in [1.54, 1.807) is 12.1 Å². The number of ether oxygens (including phenoxy) is 1. The van der Waals surface area contributed by atoms with Gasteiger partial charge in [0.05, 0.1) is 0 Å². The van der Waals surface area contributed by atoms with E-state index in [2.05, 4.69) is 18.2 Å². The van der Waals surface area contributed by atoms with Crippen molar-refractivity contribution in [1.82, 2.24) is 0 Å². The fourth-order valence-electron chi connectivity index (χ4n) is 2.43. The monoisotopic (exact) mass is 280 g/mol. The lowest BCUT2D eigenvalue weighted by Crippen LogP contribution is -2.02. The predicted molar refractivity (Wildman–Crippen MR) is 83.8 cm³/mol. The van der Waals surface area contributed by atoms with Crippen molar-refractivity contribution in [3.8, 4) is 16.9 Å². The molecule has 0 amide bonds. The minimum absolute atomic E-state index is 0.231. The summed E-state index contributed by atoms with van der Waals surface area (Å²) < 4.78 is 19.9. The van der Waals surface area contributed by atoms with Crippen LogP contribution in [-0.4, -0.2) is 6.61 Å². The molecule has 0 aliphatic heterocycles. The molecule has 1 nitrogen and oxygen atoms in total. The Kier molecular flexibility index (Phi) is 4.15. The zero-order chi connectivity index (χ0) is 14.5. The molecule has 2 aromatic carbocycles. The van der Waals surface area contributed by atoms with Gasteiger partial charge in [-0.2, -0.15) is 0 Å². The Balaban J connectivity index is 1.85. The Labute approximate surface area is 124 Å². The van der Waals surface area contributed by atoms with E-state index in [-0.39, 0.29) is 5.82 Å². The molecule has 106 valence electrons. The first kappa shape index (κ1) is 13.6. The SMILES string of the molecule is Fc1ccccc1-c1ccccc1OCC1=CCCC=C1. The van der Waals surface area contributed by atoms with Gasteiger partial charge < -0.3 is 4.74 Å². The minimum Gasteiger partial charge on any atom is -0.488 e. The van der Waals surface area contributed by atoms with Crippen LogP contribution < -0.4 is 4.74 Å². The molecule has 3 rings (SSSR count). The van der Waals surface area contributed by atoms with Crippen LogP contribution in [0.5, 0.6) is 5.75 Å². The van der Waals surface area contributed by atoms with Crippen molar-refractivity contribution < 1.29 is 9.13 Å². The molecule has 0 radical (unpaired) electrons. The van der Waals surface area contributed by atoms with Gasteiger partial charge in [0, 0.05) is 11.1 Å². The number of hydrogen-bond acceptors (Lipinski definition) is 1. The molecule has 0 saturated carbocycles. The van der Waals surface area contributed by atoms with Gasteiger partial charge in [0.25, 0.3) is 0 Å². The zero-order valence-electron chi connectivity index (χ0n) is 11.8. The standard InChI is InChI=1S/C19H17FO/c20-18-12-6-4-10-16(18)17-11-5-7-13-19(17)21-14-15-8-2-1-3-9-15/h2,4-13H,1,3,14H2. The molecule has 2 aromatic rings. The Morgan fingerprint density at radius 3 is 2.43 bits per heavy atom. The molecule has 0 spiro atoms. The van der Waals surface area contributed by atoms with Gasteiger partial charge in [0.1, 0.15) is 18.2 Å². The van der Waals surface area contributed by atoms with Crippen molar-refractivity contribution >= 4 is 0 Å². The number of benzene rings is 2. The third-order valence-electron chi connectivity index (χ3n) is 3.52. The highest BCUT2D eigenvalue weighted by Gasteiger charge is 2.10. The van der Waals surface area contributed by atoms with Crippen molar-refractivity contribution in [2.24, 2.45) is 0 Å². The van der Waals surface area contributed by atoms with Gasteiger partial charge in [-0.25, -0.2) is 4.39 Å². The van der Waals surface area contributed by atoms with Crippen molar-refractivity contribution in [3.63, 3.8) is 0 Å². The van der Waals surface area contributed by atoms with E-state index in [0.717, 1.165) is 18.4 Å². The maximum absolute atomic E-state index is 14.0. The summed E-state index contributed by atoms with van der Waals surface area (Å²) in [5, 5.41) is 0. The fourth-order valence-corrected chi connectivity index (χ4v) is 2.43. The Morgan fingerprint density at radius 1 is 0.905 bits per heavy atom. The number of halogens is 1. The van der Waals surface area contributed by atoms with Gasteiger partial charge in [0.2, 0.25) is 0 Å². The van der Waals surface area contributed by atoms with E-state index in [1.165, 1.54) is 11.6 Å². The lowest BCUT2D eigenvalue weighted by molar-refractivity contribution is 0.356. The van der Waals surface area contributed by atoms with Crippen LogP contribution in [0.25, 0.3) is 11.1 Å². The Morgan fingerprint density at radius 2 is 1.67 bits per heavy atom. The summed E-state index contributed by atoms with van der Waals surface area (Å²) >= 11 is 0. The number of allylic oxidation sites excluding steroid dienone is 2. The normalized spacial score (nSPS) is 13.9. The molecule has 1 aliphatic carbocycles. The largest absolute Gasteiger partial charge is 0.488 e. The van der Waals surface area contributed by atoms with Crippen molar-refractivity contribution in [2.45, 2.75) is 12.8 Å². The van der Waals surface area contributed by atoms with Crippen LogP contribution in [0, 0.1) is 5.82 Å². The summed E-state index contributed by atoms with van der Waals surface area (Å²) in [6, 6.07) is 14.4. The van der Waals surface area contributed by atoms with Gasteiger partial charge in [-0.05, 0) is 30.5 Å². The molecule has 0 bridgehead atoms. The summed E-state index contributed by atoms with van der Waals surface area (Å²) in [6.07, 6.45) is 8.59. The maximum Gasteiger partial charge on any atom is 0.131 e. The lowest BCUT2D eigenvalue weighted by atomic mass is 10.0. The Bertz CT molecular complexity index is 685. The molecule has 0 heterocycles. The minimum atomic E-state index is -0.231. The van der Waals surface area contributed by atoms with Crippen molar-refractivity contribution in [3.05, 3.63) is 78.1 Å². The van der Waals surface area contributed by atoms with E-state index in [0.29, 0.717) is 17.9 Å². The van der Waals surface area contributed by atoms with E-state index in [1.807, 2.05) is 30.3 Å². The van der Waals surface area contributed by atoms with E-state index >= 15 is 0 Å². The van der Waals surface area contributed by atoms with E-state index in [9.17, 15) is 4.39 Å². The fraction of sp³-hybridized carbons (Fsp3) is 0.158. The summed E-state index contributed by atoms with van der Waals surface area (Å²) in [7, 11) is 0. The second-order valence-corrected chi connectivity index (χ2v) is 5.02. The molecule has 0 atom stereocenters. The molecule has 21 heavy (non-hydrogen) atoms. The first-order valence-corrected chi connectivity index (χ1v) is 7.17. The van der Waals surface area contributed by atoms with Gasteiger partial charge in [-0.1, -0.05) is 54.6 Å². The number of rotatable bonds is 4. The molecule has 0 saturated heterocycles. The second-order valence-electron chi connectivity index (χ2n) is 5.02. The first-order valence-electron chi connectivity index (χ1n) is 7.17. The summed E-state index contributed by atoms with van der Waals surface area (Å²) in [5.41, 5.74) is 2.53. The van der Waals surface area contributed by atoms with Gasteiger partial charge in [-0.15, -0.1) is 0 Å². The summed E-state index contributed by atoms with van der Waals surface area (Å²) in [5.74, 6) is 0.479. The molecule has 0 N–H and O–H groups in total. The third-order valence-corrected chi connectivity index (χ3v) is 3.52. The number of para-hydroxylation sites is 1. The maximum atomic E-state index is 14.0. The topological polar surface area (TPSA) is 9.23 Å². The third kappa shape index (κ3) is 3.22. The molecule has 0 aromatic heterocycles. The Hall–Kier alpha value is -2.35. The highest BCUT2D eigenvalue weighted by Crippen LogP contribution is 2.31. The zero-order valence-corrected chi connectivity index (χ0v) is 11.8. The van der Waals surface area contributed by atoms with Gasteiger partial charge in [-0.3, -0.25) is 0 Å². The lowest BCUT2D eigenvalue weighted by Gasteiger charge is -2.13. The van der Waals surface area contributed by atoms with Crippen LogP contribution in [0.3, 0.4) is 0 Å². The van der Waals surface area contributed by atoms with Crippen LogP contribution >= 0.6 is 0 Å². The van der Waals surface area contributed by atoms with Crippen LogP contribution in [0.2, 0.25) is 0 Å². The molecule has 0 fully saturated rings. The highest BCUT2D eigenvalue weighted by atomic mass is 19.1. The quantitative estimate of drug-likeness (QED) is 0.752. The second kappa shape index (κ2) is 6.40. The average molecular weight is 280 g/mol. The summed E-state index contributed by atoms with van der Waals surface area (Å²) in [4.78, 5) is 0. The number of hydrogen-bond donors (Lipinski definition) is 0. The van der Waals surface area contributed by atoms with Gasteiger partial charge >= 0.3 is 0 Å². The van der Waals surface area contributed by atoms with E-state index in [4.69, 9.17) is 4.74 Å². The van der Waals surface area contributed by atoms with Crippen LogP contribution in [0.4, 0.5) is 4.39 Å². The molecule has 1 aliphatic rings. The van der Waals surface area contributed by atoms with E-state index < -0.39 is 0 Å². The average Bonchev–Trinajstić information content (AvgIpc) is 2.55. The van der Waals surface area contributed by atoms with Crippen LogP contribution in [-0.2, 0) is 0 Å². The smallest absolute Gasteiger partial charge is 0.131 e. The summed E-state index contributed by atoms with van der Waals surface area (Å²) in [6.45, 7) is 0.516. The van der Waals surface area contributed by atoms with Gasteiger partial charge in [0.15, 0.2) is 0 Å². The van der Waals surface area contributed by atoms with Crippen LogP contribution in [0.15, 0.2) is 72.3 Å². The van der Waals surface area contributed by atoms with Crippen LogP contribution in [0.1, 0.15) is 12.8 Å². The molecule has 0 unspecified atom stereocenters. The first-order chi connectivity index (χ1) is 10.3. The highest BCUT2D eigenvalue weighted by molar-refractivity contribution is 5.70. The molecular weight excluding hydrogens is 263 g/mol.